The average molecular weight is 246 g/mol. The van der Waals surface area contributed by atoms with Crippen molar-refractivity contribution in [2.45, 2.75) is 19.4 Å². The lowest BCUT2D eigenvalue weighted by Crippen LogP contribution is -1.98. The van der Waals surface area contributed by atoms with Gasteiger partial charge in [0.05, 0.1) is 0 Å². The summed E-state index contributed by atoms with van der Waals surface area (Å²) in [6, 6.07) is 7.77. The number of carboxylic acid groups (broad SMARTS) is 1. The van der Waals surface area contributed by atoms with Gasteiger partial charge in [-0.2, -0.15) is 0 Å². The molecule has 0 heterocycles. The van der Waals surface area contributed by atoms with Gasteiger partial charge in [0.1, 0.15) is 5.70 Å². The van der Waals surface area contributed by atoms with E-state index in [2.05, 4.69) is 10.0 Å². The van der Waals surface area contributed by atoms with Gasteiger partial charge in [-0.15, -0.1) is 0 Å². The lowest BCUT2D eigenvalue weighted by atomic mass is 10.1. The van der Waals surface area contributed by atoms with Gasteiger partial charge in [0.2, 0.25) is 0 Å². The van der Waals surface area contributed by atoms with Gasteiger partial charge in [-0.25, -0.2) is 4.79 Å². The summed E-state index contributed by atoms with van der Waals surface area (Å²) in [4.78, 5) is 13.1. The Kier molecular flexibility index (Phi) is 5.44. The van der Waals surface area contributed by atoms with Crippen LogP contribution in [0.2, 0.25) is 0 Å². The van der Waals surface area contributed by atoms with Crippen molar-refractivity contribution < 1.29 is 9.90 Å². The van der Waals surface area contributed by atoms with Gasteiger partial charge in [-0.3, -0.25) is 0 Å². The zero-order valence-corrected chi connectivity index (χ0v) is 9.78. The number of carboxylic acids is 1. The van der Waals surface area contributed by atoms with E-state index in [0.717, 1.165) is 11.1 Å². The lowest BCUT2D eigenvalue weighted by Gasteiger charge is -2.01. The third-order valence-electron chi connectivity index (χ3n) is 2.40. The van der Waals surface area contributed by atoms with E-state index in [-0.39, 0.29) is 5.70 Å². The number of hydrogen-bond acceptors (Lipinski definition) is 3. The molecule has 0 bridgehead atoms. The fourth-order valence-corrected chi connectivity index (χ4v) is 1.44. The molecule has 6 nitrogen and oxygen atoms in total. The van der Waals surface area contributed by atoms with Gasteiger partial charge in [0.15, 0.2) is 0 Å². The number of aliphatic carboxylic acids is 1. The van der Waals surface area contributed by atoms with Crippen LogP contribution < -0.4 is 5.73 Å². The summed E-state index contributed by atoms with van der Waals surface area (Å²) in [5, 5.41) is 11.8. The maximum Gasteiger partial charge on any atom is 0.337 e. The topological polar surface area (TPSA) is 112 Å². The van der Waals surface area contributed by atoms with Crippen LogP contribution in [-0.4, -0.2) is 11.1 Å². The maximum absolute atomic E-state index is 10.7. The standard InChI is InChI=1S/C12H14N4O2/c13-8-10-6-4-9(5-7-10)2-1-3-11(12(17)18)15-16-14/h3-7H,1-2,8,13H2,(H,17,18). The number of nitrogens with two attached hydrogens (primary N) is 1. The van der Waals surface area contributed by atoms with E-state index in [9.17, 15) is 4.79 Å². The van der Waals surface area contributed by atoms with Crippen molar-refractivity contribution in [1.29, 1.82) is 0 Å². The first-order valence-electron chi connectivity index (χ1n) is 5.43. The SMILES string of the molecule is [N-]=[N+]=NC(=CCCc1ccc(CN)cc1)C(=O)O. The molecule has 0 aliphatic rings. The molecule has 0 unspecified atom stereocenters. The predicted molar refractivity (Wildman–Crippen MR) is 67.5 cm³/mol. The lowest BCUT2D eigenvalue weighted by molar-refractivity contribution is -0.132. The molecule has 0 saturated carbocycles. The molecule has 6 heteroatoms. The molecule has 1 rings (SSSR count). The van der Waals surface area contributed by atoms with E-state index in [1.807, 2.05) is 24.3 Å². The van der Waals surface area contributed by atoms with Crippen LogP contribution in [0.4, 0.5) is 0 Å². The van der Waals surface area contributed by atoms with Crippen LogP contribution in [0.5, 0.6) is 0 Å². The molecule has 3 N–H and O–H groups in total. The van der Waals surface area contributed by atoms with Crippen molar-refractivity contribution >= 4 is 5.97 Å². The van der Waals surface area contributed by atoms with Crippen molar-refractivity contribution in [3.05, 3.63) is 57.6 Å². The summed E-state index contributed by atoms with van der Waals surface area (Å²) in [7, 11) is 0. The summed E-state index contributed by atoms with van der Waals surface area (Å²) in [6.45, 7) is 0.500. The summed E-state index contributed by atoms with van der Waals surface area (Å²) >= 11 is 0. The molecule has 0 aliphatic heterocycles. The first-order chi connectivity index (χ1) is 8.67. The Morgan fingerprint density at radius 3 is 2.50 bits per heavy atom. The first-order valence-corrected chi connectivity index (χ1v) is 5.43. The number of azide groups is 1. The smallest absolute Gasteiger partial charge is 0.337 e. The van der Waals surface area contributed by atoms with E-state index >= 15 is 0 Å². The highest BCUT2D eigenvalue weighted by Crippen LogP contribution is 2.08. The second-order valence-corrected chi connectivity index (χ2v) is 3.64. The van der Waals surface area contributed by atoms with Gasteiger partial charge < -0.3 is 10.8 Å². The average Bonchev–Trinajstić information content (AvgIpc) is 2.38. The largest absolute Gasteiger partial charge is 0.478 e. The van der Waals surface area contributed by atoms with Crippen LogP contribution in [0.15, 0.2) is 41.2 Å². The normalized spacial score (nSPS) is 10.8. The van der Waals surface area contributed by atoms with Crippen LogP contribution in [0.25, 0.3) is 10.4 Å². The molecule has 0 radical (unpaired) electrons. The highest BCUT2D eigenvalue weighted by atomic mass is 16.4. The minimum Gasteiger partial charge on any atom is -0.478 e. The van der Waals surface area contributed by atoms with Crippen LogP contribution in [0.1, 0.15) is 17.5 Å². The minimum atomic E-state index is -1.22. The molecule has 0 atom stereocenters. The zero-order chi connectivity index (χ0) is 13.4. The number of hydrogen-bond donors (Lipinski definition) is 2. The van der Waals surface area contributed by atoms with Crippen LogP contribution >= 0.6 is 0 Å². The van der Waals surface area contributed by atoms with E-state index < -0.39 is 5.97 Å². The molecule has 1 aromatic rings. The van der Waals surface area contributed by atoms with Crippen LogP contribution in [-0.2, 0) is 17.8 Å². The van der Waals surface area contributed by atoms with Crippen LogP contribution in [0, 0.1) is 0 Å². The molecule has 94 valence electrons. The number of aryl methyl sites for hydroxylation is 1. The van der Waals surface area contributed by atoms with Gasteiger partial charge in [-0.05, 0) is 29.5 Å². The Labute approximate surface area is 104 Å². The molecule has 0 fully saturated rings. The van der Waals surface area contributed by atoms with Gasteiger partial charge in [-0.1, -0.05) is 35.5 Å². The first kappa shape index (κ1) is 13.8. The van der Waals surface area contributed by atoms with Gasteiger partial charge in [0, 0.05) is 11.5 Å². The Morgan fingerprint density at radius 2 is 2.00 bits per heavy atom. The number of nitrogens with zero attached hydrogens (tertiary/aromatic N) is 3. The van der Waals surface area contributed by atoms with Gasteiger partial charge >= 0.3 is 5.97 Å². The minimum absolute atomic E-state index is 0.268. The summed E-state index contributed by atoms with van der Waals surface area (Å²) < 4.78 is 0. The highest BCUT2D eigenvalue weighted by molar-refractivity contribution is 5.85. The van der Waals surface area contributed by atoms with Crippen molar-refractivity contribution in [2.75, 3.05) is 0 Å². The summed E-state index contributed by atoms with van der Waals surface area (Å²) in [5.41, 5.74) is 15.5. The predicted octanol–water partition coefficient (Wildman–Crippen LogP) is 2.36. The molecular formula is C12H14N4O2. The van der Waals surface area contributed by atoms with Crippen molar-refractivity contribution in [2.24, 2.45) is 10.8 Å². The zero-order valence-electron chi connectivity index (χ0n) is 9.78. The fourth-order valence-electron chi connectivity index (χ4n) is 1.44. The molecule has 18 heavy (non-hydrogen) atoms. The monoisotopic (exact) mass is 246 g/mol. The maximum atomic E-state index is 10.7. The Balaban J connectivity index is 2.61. The quantitative estimate of drug-likeness (QED) is 0.347. The third kappa shape index (κ3) is 4.29. The number of allylic oxidation sites excluding steroid dienone is 1. The van der Waals surface area contributed by atoms with E-state index in [1.165, 1.54) is 6.08 Å². The number of rotatable bonds is 6. The van der Waals surface area contributed by atoms with E-state index in [1.54, 1.807) is 0 Å². The molecule has 0 spiro atoms. The molecule has 0 aromatic heterocycles. The molecule has 1 aromatic carbocycles. The van der Waals surface area contributed by atoms with Gasteiger partial charge in [0.25, 0.3) is 0 Å². The van der Waals surface area contributed by atoms with E-state index in [0.29, 0.717) is 19.4 Å². The second kappa shape index (κ2) is 7.11. The highest BCUT2D eigenvalue weighted by Gasteiger charge is 2.03. The number of carbonyl (C=O) groups is 1. The Hall–Kier alpha value is -2.30. The Morgan fingerprint density at radius 1 is 1.39 bits per heavy atom. The van der Waals surface area contributed by atoms with Crippen LogP contribution in [0.3, 0.4) is 0 Å². The Bertz CT molecular complexity index is 483. The number of benzene rings is 1. The van der Waals surface area contributed by atoms with Crippen molar-refractivity contribution in [3.63, 3.8) is 0 Å². The van der Waals surface area contributed by atoms with E-state index in [4.69, 9.17) is 16.4 Å². The molecule has 0 amide bonds. The third-order valence-corrected chi connectivity index (χ3v) is 2.40. The second-order valence-electron chi connectivity index (χ2n) is 3.64. The molecular weight excluding hydrogens is 232 g/mol. The van der Waals surface area contributed by atoms with Crippen molar-refractivity contribution in [1.82, 2.24) is 0 Å². The molecule has 0 aliphatic carbocycles. The summed E-state index contributed by atoms with van der Waals surface area (Å²) in [6.07, 6.45) is 2.60. The summed E-state index contributed by atoms with van der Waals surface area (Å²) in [5.74, 6) is -1.22. The fraction of sp³-hybridized carbons (Fsp3) is 0.250. The molecule has 0 saturated heterocycles. The van der Waals surface area contributed by atoms with Crippen molar-refractivity contribution in [3.8, 4) is 0 Å².